The first-order valence-electron chi connectivity index (χ1n) is 9.15. The van der Waals surface area contributed by atoms with E-state index in [1.54, 1.807) is 67.1 Å². The molecule has 1 atom stereocenters. The van der Waals surface area contributed by atoms with Gasteiger partial charge >= 0.3 is 5.97 Å². The van der Waals surface area contributed by atoms with Gasteiger partial charge in [-0.05, 0) is 53.9 Å². The zero-order chi connectivity index (χ0) is 20.2. The van der Waals surface area contributed by atoms with Gasteiger partial charge in [0.15, 0.2) is 0 Å². The maximum Gasteiger partial charge on any atom is 0.338 e. The molecule has 0 saturated heterocycles. The summed E-state index contributed by atoms with van der Waals surface area (Å²) in [6, 6.07) is 12.7. The van der Waals surface area contributed by atoms with Gasteiger partial charge in [0.25, 0.3) is 0 Å². The smallest absolute Gasteiger partial charge is 0.338 e. The van der Waals surface area contributed by atoms with Gasteiger partial charge in [-0.25, -0.2) is 4.79 Å². The molecule has 0 N–H and O–H groups in total. The number of amides is 1. The second-order valence-electron chi connectivity index (χ2n) is 6.68. The van der Waals surface area contributed by atoms with Crippen LogP contribution in [0.4, 0.5) is 5.69 Å². The molecule has 0 radical (unpaired) electrons. The number of carbonyl (C=O) groups excluding carboxylic acids is 2. The number of anilines is 1. The molecule has 146 valence electrons. The molecule has 0 bridgehead atoms. The number of ether oxygens (including phenoxy) is 1. The molecule has 1 aliphatic rings. The van der Waals surface area contributed by atoms with Crippen LogP contribution in [-0.2, 0) is 22.6 Å². The first-order valence-corrected chi connectivity index (χ1v) is 10.0. The van der Waals surface area contributed by atoms with Crippen molar-refractivity contribution in [1.29, 1.82) is 0 Å². The van der Waals surface area contributed by atoms with Gasteiger partial charge < -0.3 is 9.64 Å². The molecular weight excluding hydrogens is 386 g/mol. The van der Waals surface area contributed by atoms with Crippen molar-refractivity contribution < 1.29 is 14.3 Å². The number of hydrogen-bond acceptors (Lipinski definition) is 6. The topological polar surface area (TPSA) is 72.4 Å². The molecule has 1 amide bonds. The quantitative estimate of drug-likeness (QED) is 0.605. The van der Waals surface area contributed by atoms with Crippen LogP contribution in [0.5, 0.6) is 0 Å². The van der Waals surface area contributed by atoms with Crippen LogP contribution in [0.3, 0.4) is 0 Å². The summed E-state index contributed by atoms with van der Waals surface area (Å²) >= 11 is 1.47. The Morgan fingerprint density at radius 2 is 1.93 bits per heavy atom. The Bertz CT molecular complexity index is 1030. The average Bonchev–Trinajstić information content (AvgIpc) is 2.76. The van der Waals surface area contributed by atoms with Crippen molar-refractivity contribution in [2.75, 3.05) is 11.9 Å². The highest BCUT2D eigenvalue weighted by molar-refractivity contribution is 8.01. The first kappa shape index (κ1) is 19.1. The molecule has 1 aromatic carbocycles. The number of carbonyl (C=O) groups is 2. The lowest BCUT2D eigenvalue weighted by molar-refractivity contribution is -0.117. The highest BCUT2D eigenvalue weighted by atomic mass is 32.2. The van der Waals surface area contributed by atoms with E-state index in [-0.39, 0.29) is 17.8 Å². The normalized spacial score (nSPS) is 15.7. The van der Waals surface area contributed by atoms with Crippen molar-refractivity contribution in [1.82, 2.24) is 9.97 Å². The third kappa shape index (κ3) is 4.30. The van der Waals surface area contributed by atoms with Gasteiger partial charge in [-0.2, -0.15) is 0 Å². The van der Waals surface area contributed by atoms with Crippen LogP contribution < -0.4 is 4.90 Å². The molecule has 1 unspecified atom stereocenters. The Morgan fingerprint density at radius 1 is 1.10 bits per heavy atom. The van der Waals surface area contributed by atoms with Gasteiger partial charge in [-0.15, -0.1) is 11.8 Å². The summed E-state index contributed by atoms with van der Waals surface area (Å²) in [5.41, 5.74) is 3.15. The largest absolute Gasteiger partial charge is 0.457 e. The number of hydrogen-bond donors (Lipinski definition) is 0. The number of benzene rings is 1. The Kier molecular flexibility index (Phi) is 5.57. The van der Waals surface area contributed by atoms with E-state index >= 15 is 0 Å². The fraction of sp³-hybridized carbons (Fsp3) is 0.182. The summed E-state index contributed by atoms with van der Waals surface area (Å²) in [6.07, 6.45) is 7.39. The molecule has 29 heavy (non-hydrogen) atoms. The number of thioether (sulfide) groups is 1. The monoisotopic (exact) mass is 405 g/mol. The van der Waals surface area contributed by atoms with Gasteiger partial charge in [-0.3, -0.25) is 14.8 Å². The SMILES string of the molecule is CN1C(=O)C(Cc2cccnc2)Sc2cc(C(=O)OCc3ccncc3)ccc21. The van der Waals surface area contributed by atoms with Crippen molar-refractivity contribution in [2.45, 2.75) is 23.2 Å². The summed E-state index contributed by atoms with van der Waals surface area (Å²) in [5.74, 6) is -0.354. The molecule has 2 aromatic heterocycles. The summed E-state index contributed by atoms with van der Waals surface area (Å²) < 4.78 is 5.41. The van der Waals surface area contributed by atoms with Crippen molar-refractivity contribution in [3.63, 3.8) is 0 Å². The average molecular weight is 405 g/mol. The standard InChI is InChI=1S/C22H19N3O3S/c1-25-18-5-4-17(22(27)28-14-15-6-9-23-10-7-15)12-19(18)29-20(21(25)26)11-16-3-2-8-24-13-16/h2-10,12-13,20H,11,14H2,1H3. The molecule has 0 aliphatic carbocycles. The Balaban J connectivity index is 1.50. The molecule has 0 saturated carbocycles. The van der Waals surface area contributed by atoms with Crippen molar-refractivity contribution in [3.05, 3.63) is 83.9 Å². The highest BCUT2D eigenvalue weighted by Gasteiger charge is 2.32. The lowest BCUT2D eigenvalue weighted by atomic mass is 10.1. The predicted octanol–water partition coefficient (Wildman–Crippen LogP) is 3.51. The van der Waals surface area contributed by atoms with Crippen molar-refractivity contribution in [3.8, 4) is 0 Å². The van der Waals surface area contributed by atoms with E-state index in [9.17, 15) is 9.59 Å². The number of nitrogens with zero attached hydrogens (tertiary/aromatic N) is 3. The molecule has 6 nitrogen and oxygen atoms in total. The maximum absolute atomic E-state index is 12.8. The summed E-state index contributed by atoms with van der Waals surface area (Å²) in [6.45, 7) is 0.188. The Hall–Kier alpha value is -3.19. The van der Waals surface area contributed by atoms with E-state index in [0.717, 1.165) is 21.7 Å². The van der Waals surface area contributed by atoms with Crippen LogP contribution in [0, 0.1) is 0 Å². The molecule has 4 rings (SSSR count). The van der Waals surface area contributed by atoms with E-state index in [2.05, 4.69) is 9.97 Å². The van der Waals surface area contributed by atoms with Gasteiger partial charge in [0.1, 0.15) is 6.61 Å². The zero-order valence-corrected chi connectivity index (χ0v) is 16.6. The van der Waals surface area contributed by atoms with E-state index < -0.39 is 5.97 Å². The van der Waals surface area contributed by atoms with Crippen LogP contribution in [-0.4, -0.2) is 34.1 Å². The summed E-state index contributed by atoms with van der Waals surface area (Å²) in [7, 11) is 1.76. The fourth-order valence-corrected chi connectivity index (χ4v) is 4.49. The van der Waals surface area contributed by atoms with Crippen LogP contribution in [0.15, 0.2) is 72.1 Å². The number of fused-ring (bicyclic) bond motifs is 1. The lowest BCUT2D eigenvalue weighted by Crippen LogP contribution is -2.39. The lowest BCUT2D eigenvalue weighted by Gasteiger charge is -2.31. The van der Waals surface area contributed by atoms with E-state index in [1.807, 2.05) is 12.1 Å². The van der Waals surface area contributed by atoms with Crippen molar-refractivity contribution in [2.24, 2.45) is 0 Å². The molecule has 0 spiro atoms. The van der Waals surface area contributed by atoms with Gasteiger partial charge in [0, 0.05) is 36.7 Å². The fourth-order valence-electron chi connectivity index (χ4n) is 3.12. The second kappa shape index (κ2) is 8.45. The molecule has 3 heterocycles. The number of aromatic nitrogens is 2. The molecular formula is C22H19N3O3S. The highest BCUT2D eigenvalue weighted by Crippen LogP contribution is 2.40. The third-order valence-electron chi connectivity index (χ3n) is 4.70. The predicted molar refractivity (Wildman–Crippen MR) is 111 cm³/mol. The summed E-state index contributed by atoms with van der Waals surface area (Å²) in [5, 5.41) is -0.264. The minimum absolute atomic E-state index is 0.0411. The van der Waals surface area contributed by atoms with Gasteiger partial charge in [-0.1, -0.05) is 6.07 Å². The van der Waals surface area contributed by atoms with Crippen LogP contribution in [0.1, 0.15) is 21.5 Å². The summed E-state index contributed by atoms with van der Waals surface area (Å²) in [4.78, 5) is 35.9. The first-order chi connectivity index (χ1) is 14.1. The molecule has 0 fully saturated rings. The van der Waals surface area contributed by atoms with Crippen LogP contribution >= 0.6 is 11.8 Å². The van der Waals surface area contributed by atoms with Crippen LogP contribution in [0.2, 0.25) is 0 Å². The van der Waals surface area contributed by atoms with Gasteiger partial charge in [0.2, 0.25) is 5.91 Å². The second-order valence-corrected chi connectivity index (χ2v) is 7.93. The number of rotatable bonds is 5. The Labute approximate surface area is 172 Å². The molecule has 3 aromatic rings. The minimum Gasteiger partial charge on any atom is -0.457 e. The number of pyridine rings is 2. The third-order valence-corrected chi connectivity index (χ3v) is 5.93. The maximum atomic E-state index is 12.8. The van der Waals surface area contributed by atoms with Crippen LogP contribution in [0.25, 0.3) is 0 Å². The number of esters is 1. The van der Waals surface area contributed by atoms with Crippen molar-refractivity contribution >= 4 is 29.3 Å². The van der Waals surface area contributed by atoms with E-state index in [1.165, 1.54) is 11.8 Å². The van der Waals surface area contributed by atoms with Gasteiger partial charge in [0.05, 0.1) is 16.5 Å². The molecule has 7 heteroatoms. The van der Waals surface area contributed by atoms with E-state index in [0.29, 0.717) is 12.0 Å². The van der Waals surface area contributed by atoms with E-state index in [4.69, 9.17) is 4.74 Å². The minimum atomic E-state index is -0.395. The zero-order valence-electron chi connectivity index (χ0n) is 15.8. The molecule has 1 aliphatic heterocycles. The Morgan fingerprint density at radius 3 is 2.69 bits per heavy atom.